The van der Waals surface area contributed by atoms with E-state index >= 15 is 0 Å². The van der Waals surface area contributed by atoms with E-state index in [1.807, 2.05) is 0 Å². The Morgan fingerprint density at radius 3 is 2.14 bits per heavy atom. The summed E-state index contributed by atoms with van der Waals surface area (Å²) in [6.07, 6.45) is 0. The molecule has 14 heavy (non-hydrogen) atoms. The SMILES string of the molecule is O=CCl.O=[N+]([O-])c1ccccc1S.[Zn]. The van der Waals surface area contributed by atoms with E-state index in [4.69, 9.17) is 4.79 Å². The fourth-order valence-electron chi connectivity index (χ4n) is 0.619. The maximum absolute atomic E-state index is 10.2. The Kier molecular flexibility index (Phi) is 10.4. The standard InChI is InChI=1S/C6H5NO2S.CHClO.Zn/c8-7(9)5-3-1-2-4-6(5)10;2-1-3;/h1-4,10H;1H;. The molecule has 1 aromatic carbocycles. The van der Waals surface area contributed by atoms with Crippen LogP contribution in [0.5, 0.6) is 0 Å². The van der Waals surface area contributed by atoms with Gasteiger partial charge in [0, 0.05) is 25.5 Å². The summed E-state index contributed by atoms with van der Waals surface area (Å²) in [7, 11) is 0. The monoisotopic (exact) mass is 283 g/mol. The number of halogens is 1. The van der Waals surface area contributed by atoms with Crippen LogP contribution in [0.25, 0.3) is 0 Å². The van der Waals surface area contributed by atoms with Crippen molar-refractivity contribution in [2.75, 3.05) is 0 Å². The molecular weight excluding hydrogens is 279 g/mol. The largest absolute Gasteiger partial charge is 0.285 e. The molecule has 0 N–H and O–H groups in total. The second-order valence-corrected chi connectivity index (χ2v) is 2.49. The van der Waals surface area contributed by atoms with E-state index < -0.39 is 4.92 Å². The van der Waals surface area contributed by atoms with Gasteiger partial charge in [0.15, 0.2) is 0 Å². The van der Waals surface area contributed by atoms with Gasteiger partial charge < -0.3 is 0 Å². The first kappa shape index (κ1) is 16.0. The Bertz CT molecular complexity index is 311. The van der Waals surface area contributed by atoms with Crippen molar-refractivity contribution in [3.8, 4) is 0 Å². The van der Waals surface area contributed by atoms with Crippen LogP contribution in [0, 0.1) is 10.1 Å². The molecule has 0 aliphatic heterocycles. The third-order valence-corrected chi connectivity index (χ3v) is 1.46. The van der Waals surface area contributed by atoms with Gasteiger partial charge in [0.25, 0.3) is 5.69 Å². The number of thiol groups is 1. The minimum absolute atomic E-state index is 0. The van der Waals surface area contributed by atoms with Gasteiger partial charge in [0.2, 0.25) is 5.75 Å². The molecule has 0 radical (unpaired) electrons. The quantitative estimate of drug-likeness (QED) is 0.215. The molecule has 0 fully saturated rings. The number of para-hydroxylation sites is 1. The Morgan fingerprint density at radius 1 is 1.43 bits per heavy atom. The van der Waals surface area contributed by atoms with Crippen molar-refractivity contribution in [3.63, 3.8) is 0 Å². The number of nitro benzene ring substituents is 1. The summed E-state index contributed by atoms with van der Waals surface area (Å²) in [5.41, 5.74) is 0.0471. The Hall–Kier alpha value is -0.447. The van der Waals surface area contributed by atoms with E-state index in [-0.39, 0.29) is 30.9 Å². The minimum Gasteiger partial charge on any atom is -0.285 e. The Balaban J connectivity index is 0. The van der Waals surface area contributed by atoms with Crippen LogP contribution in [-0.4, -0.2) is 10.7 Å². The van der Waals surface area contributed by atoms with Crippen molar-refractivity contribution in [1.82, 2.24) is 0 Å². The van der Waals surface area contributed by atoms with E-state index in [1.54, 1.807) is 18.2 Å². The smallest absolute Gasteiger partial charge is 0.282 e. The molecule has 0 heterocycles. The van der Waals surface area contributed by atoms with Crippen molar-refractivity contribution in [1.29, 1.82) is 0 Å². The van der Waals surface area contributed by atoms with Crippen LogP contribution in [0.3, 0.4) is 0 Å². The predicted molar refractivity (Wildman–Crippen MR) is 53.0 cm³/mol. The molecule has 0 spiro atoms. The second-order valence-electron chi connectivity index (χ2n) is 1.83. The van der Waals surface area contributed by atoms with Crippen LogP contribution in [0.1, 0.15) is 0 Å². The summed E-state index contributed by atoms with van der Waals surface area (Å²) in [5, 5.41) is 10.2. The molecule has 4 nitrogen and oxygen atoms in total. The molecule has 0 unspecified atom stereocenters. The number of carbonyl (C=O) groups excluding carboxylic acids is 1. The van der Waals surface area contributed by atoms with Crippen LogP contribution in [0.2, 0.25) is 0 Å². The zero-order chi connectivity index (χ0) is 10.3. The van der Waals surface area contributed by atoms with Gasteiger partial charge in [-0.25, -0.2) is 0 Å². The van der Waals surface area contributed by atoms with E-state index in [9.17, 15) is 10.1 Å². The van der Waals surface area contributed by atoms with Crippen molar-refractivity contribution in [3.05, 3.63) is 34.4 Å². The van der Waals surface area contributed by atoms with E-state index in [0.717, 1.165) is 0 Å². The Labute approximate surface area is 104 Å². The molecule has 0 aliphatic carbocycles. The first-order valence-electron chi connectivity index (χ1n) is 3.09. The summed E-state index contributed by atoms with van der Waals surface area (Å²) < 4.78 is 0. The second kappa shape index (κ2) is 9.12. The molecule has 0 saturated carbocycles. The van der Waals surface area contributed by atoms with Crippen LogP contribution in [0.15, 0.2) is 29.2 Å². The maximum Gasteiger partial charge on any atom is 0.282 e. The molecule has 1 rings (SSSR count). The van der Waals surface area contributed by atoms with Gasteiger partial charge in [-0.1, -0.05) is 12.1 Å². The number of benzene rings is 1. The van der Waals surface area contributed by atoms with Crippen molar-refractivity contribution < 1.29 is 29.2 Å². The van der Waals surface area contributed by atoms with E-state index in [0.29, 0.717) is 4.90 Å². The molecule has 7 heteroatoms. The van der Waals surface area contributed by atoms with Gasteiger partial charge in [-0.3, -0.25) is 14.9 Å². The number of hydrogen-bond acceptors (Lipinski definition) is 4. The van der Waals surface area contributed by atoms with Crippen molar-refractivity contribution in [2.24, 2.45) is 0 Å². The molecule has 0 amide bonds. The number of nitrogens with zero attached hydrogens (tertiary/aromatic N) is 1. The number of rotatable bonds is 1. The molecule has 0 atom stereocenters. The van der Waals surface area contributed by atoms with Crippen LogP contribution < -0.4 is 0 Å². The van der Waals surface area contributed by atoms with Crippen molar-refractivity contribution >= 4 is 35.7 Å². The minimum atomic E-state index is -0.456. The van der Waals surface area contributed by atoms with Gasteiger partial charge in [-0.15, -0.1) is 12.6 Å². The van der Waals surface area contributed by atoms with E-state index in [2.05, 4.69) is 24.2 Å². The van der Waals surface area contributed by atoms with Crippen LogP contribution >= 0.6 is 24.2 Å². The molecule has 0 bridgehead atoms. The molecule has 1 aromatic rings. The summed E-state index contributed by atoms with van der Waals surface area (Å²) >= 11 is 8.21. The maximum atomic E-state index is 10.2. The Morgan fingerprint density at radius 2 is 1.86 bits per heavy atom. The number of hydrogen-bond donors (Lipinski definition) is 1. The number of carbonyl (C=O) groups is 1. The zero-order valence-corrected chi connectivity index (χ0v) is 11.7. The van der Waals surface area contributed by atoms with E-state index in [1.165, 1.54) is 6.07 Å². The topological polar surface area (TPSA) is 60.2 Å². The average molecular weight is 285 g/mol. The third kappa shape index (κ3) is 6.08. The van der Waals surface area contributed by atoms with Gasteiger partial charge in [-0.05, 0) is 17.7 Å². The fraction of sp³-hybridized carbons (Fsp3) is 0. The summed E-state index contributed by atoms with van der Waals surface area (Å²) in [5.74, 6) is 0.222. The van der Waals surface area contributed by atoms with Crippen molar-refractivity contribution in [2.45, 2.75) is 4.90 Å². The molecule has 0 aliphatic rings. The summed E-state index contributed by atoms with van der Waals surface area (Å²) in [4.78, 5) is 18.7. The summed E-state index contributed by atoms with van der Waals surface area (Å²) in [6.45, 7) is 0. The van der Waals surface area contributed by atoms with Gasteiger partial charge in [0.05, 0.1) is 9.82 Å². The van der Waals surface area contributed by atoms with Gasteiger partial charge in [-0.2, -0.15) is 0 Å². The van der Waals surface area contributed by atoms with Gasteiger partial charge >= 0.3 is 0 Å². The van der Waals surface area contributed by atoms with Crippen LogP contribution in [0.4, 0.5) is 5.69 Å². The third-order valence-electron chi connectivity index (χ3n) is 1.08. The summed E-state index contributed by atoms with van der Waals surface area (Å²) in [6, 6.07) is 6.32. The number of nitro groups is 1. The molecule has 72 valence electrons. The van der Waals surface area contributed by atoms with Crippen LogP contribution in [-0.2, 0) is 24.3 Å². The average Bonchev–Trinajstić information content (AvgIpc) is 2.06. The fourth-order valence-corrected chi connectivity index (χ4v) is 0.861. The first-order chi connectivity index (χ1) is 6.13. The van der Waals surface area contributed by atoms with Gasteiger partial charge in [0.1, 0.15) is 0 Å². The molecule has 0 saturated heterocycles. The molecular formula is C7H6ClNO3SZn. The first-order valence-corrected chi connectivity index (χ1v) is 3.98. The predicted octanol–water partition coefficient (Wildman–Crippen LogP) is 2.30. The normalized spacial score (nSPS) is 7.57. The zero-order valence-electron chi connectivity index (χ0n) is 7.09. The molecule has 0 aromatic heterocycles.